The number of nitrogens with zero attached hydrogens (tertiary/aromatic N) is 2. The van der Waals surface area contributed by atoms with E-state index >= 15 is 0 Å². The van der Waals surface area contributed by atoms with Gasteiger partial charge in [0, 0.05) is 6.42 Å². The van der Waals surface area contributed by atoms with E-state index in [-0.39, 0.29) is 6.54 Å². The number of H-pyrrole nitrogens is 1. The third kappa shape index (κ3) is 3.65. The first kappa shape index (κ1) is 15.9. The van der Waals surface area contributed by atoms with E-state index in [0.29, 0.717) is 12.2 Å². The molecule has 0 spiro atoms. The maximum Gasteiger partial charge on any atom is 0.440 e. The molecule has 6 heteroatoms. The Balaban J connectivity index is 1.68. The molecule has 0 radical (unpaired) electrons. The second kappa shape index (κ2) is 7.04. The molecule has 0 unspecified atom stereocenters. The molecule has 0 saturated carbocycles. The quantitative estimate of drug-likeness (QED) is 0.678. The topological polar surface area (TPSA) is 78.5 Å². The summed E-state index contributed by atoms with van der Waals surface area (Å²) in [7, 11) is 0. The van der Waals surface area contributed by atoms with Crippen molar-refractivity contribution in [2.75, 3.05) is 6.54 Å². The molecule has 3 aromatic rings. The number of carboxylic acid groups (broad SMARTS) is 1. The van der Waals surface area contributed by atoms with Crippen LogP contribution in [0.4, 0.5) is 4.79 Å². The molecule has 124 valence electrons. The molecule has 24 heavy (non-hydrogen) atoms. The molecular formula is C18H19N3O3. The van der Waals surface area contributed by atoms with Gasteiger partial charge in [-0.25, -0.2) is 9.78 Å². The summed E-state index contributed by atoms with van der Waals surface area (Å²) >= 11 is 0. The predicted molar refractivity (Wildman–Crippen MR) is 91.0 cm³/mol. The fourth-order valence-electron chi connectivity index (χ4n) is 2.46. The average Bonchev–Trinajstić information content (AvgIpc) is 3.01. The van der Waals surface area contributed by atoms with Crippen molar-refractivity contribution in [2.45, 2.75) is 19.8 Å². The summed E-state index contributed by atoms with van der Waals surface area (Å²) in [6.45, 7) is 2.22. The van der Waals surface area contributed by atoms with Crippen LogP contribution < -0.4 is 4.84 Å². The van der Waals surface area contributed by atoms with Crippen LogP contribution in [0.25, 0.3) is 11.0 Å². The Hall–Kier alpha value is -3.02. The minimum absolute atomic E-state index is 0.186. The first-order valence-corrected chi connectivity index (χ1v) is 7.86. The van der Waals surface area contributed by atoms with E-state index in [1.165, 1.54) is 0 Å². The van der Waals surface area contributed by atoms with Gasteiger partial charge in [-0.15, -0.1) is 5.06 Å². The van der Waals surface area contributed by atoms with E-state index in [4.69, 9.17) is 4.84 Å². The van der Waals surface area contributed by atoms with Crippen LogP contribution in [0.2, 0.25) is 0 Å². The standard InChI is InChI=1S/C18H19N3O3/c1-2-13-6-5-7-14(12-13)24-21(18(22)23)11-10-17-19-15-8-3-4-9-16(15)20-17/h3-9,12H,2,10-11H2,1H3,(H,19,20)(H,22,23). The number of para-hydroxylation sites is 2. The number of rotatable bonds is 6. The van der Waals surface area contributed by atoms with Gasteiger partial charge in [-0.05, 0) is 36.2 Å². The van der Waals surface area contributed by atoms with Crippen molar-refractivity contribution in [3.8, 4) is 5.75 Å². The maximum atomic E-state index is 11.4. The highest BCUT2D eigenvalue weighted by atomic mass is 16.7. The predicted octanol–water partition coefficient (Wildman–Crippen LogP) is 3.64. The van der Waals surface area contributed by atoms with Crippen LogP contribution in [0.15, 0.2) is 48.5 Å². The molecule has 2 aromatic carbocycles. The monoisotopic (exact) mass is 325 g/mol. The smallest absolute Gasteiger partial charge is 0.440 e. The van der Waals surface area contributed by atoms with E-state index in [9.17, 15) is 9.90 Å². The van der Waals surface area contributed by atoms with Gasteiger partial charge in [-0.1, -0.05) is 31.2 Å². The van der Waals surface area contributed by atoms with Crippen LogP contribution in [0.5, 0.6) is 5.75 Å². The van der Waals surface area contributed by atoms with Crippen LogP contribution >= 0.6 is 0 Å². The first-order chi connectivity index (χ1) is 11.7. The normalized spacial score (nSPS) is 10.7. The number of aryl methyl sites for hydroxylation is 1. The molecule has 0 aliphatic rings. The van der Waals surface area contributed by atoms with Crippen LogP contribution in [0, 0.1) is 0 Å². The van der Waals surface area contributed by atoms with Gasteiger partial charge in [-0.3, -0.25) is 0 Å². The zero-order valence-corrected chi connectivity index (χ0v) is 13.4. The molecule has 0 aliphatic carbocycles. The summed E-state index contributed by atoms with van der Waals surface area (Å²) in [5.74, 6) is 1.25. The Kier molecular flexibility index (Phi) is 4.65. The molecule has 1 aromatic heterocycles. The van der Waals surface area contributed by atoms with Gasteiger partial charge < -0.3 is 14.9 Å². The fraction of sp³-hybridized carbons (Fsp3) is 0.222. The number of hydroxylamine groups is 2. The number of aromatic amines is 1. The lowest BCUT2D eigenvalue weighted by Gasteiger charge is -2.19. The fourth-order valence-corrected chi connectivity index (χ4v) is 2.46. The Bertz CT molecular complexity index is 811. The van der Waals surface area contributed by atoms with E-state index in [1.807, 2.05) is 49.4 Å². The number of fused-ring (bicyclic) bond motifs is 1. The van der Waals surface area contributed by atoms with Crippen molar-refractivity contribution in [2.24, 2.45) is 0 Å². The van der Waals surface area contributed by atoms with Crippen LogP contribution in [-0.4, -0.2) is 32.8 Å². The van der Waals surface area contributed by atoms with Gasteiger partial charge in [-0.2, -0.15) is 0 Å². The van der Waals surface area contributed by atoms with Gasteiger partial charge in [0.1, 0.15) is 5.82 Å². The summed E-state index contributed by atoms with van der Waals surface area (Å²) in [4.78, 5) is 24.6. The number of hydrogen-bond acceptors (Lipinski definition) is 3. The lowest BCUT2D eigenvalue weighted by atomic mass is 10.2. The van der Waals surface area contributed by atoms with Crippen molar-refractivity contribution in [1.29, 1.82) is 0 Å². The van der Waals surface area contributed by atoms with E-state index < -0.39 is 6.09 Å². The summed E-state index contributed by atoms with van der Waals surface area (Å²) in [6, 6.07) is 15.1. The minimum atomic E-state index is -1.13. The van der Waals surface area contributed by atoms with Crippen LogP contribution in [0.3, 0.4) is 0 Å². The minimum Gasteiger partial charge on any atom is -0.463 e. The molecular weight excluding hydrogens is 306 g/mol. The third-order valence-electron chi connectivity index (χ3n) is 3.73. The van der Waals surface area contributed by atoms with E-state index in [0.717, 1.165) is 33.9 Å². The average molecular weight is 325 g/mol. The molecule has 2 N–H and O–H groups in total. The molecule has 1 amide bonds. The van der Waals surface area contributed by atoms with Gasteiger partial charge in [0.25, 0.3) is 0 Å². The highest BCUT2D eigenvalue weighted by Gasteiger charge is 2.15. The Morgan fingerprint density at radius 2 is 2.08 bits per heavy atom. The first-order valence-electron chi connectivity index (χ1n) is 7.86. The third-order valence-corrected chi connectivity index (χ3v) is 3.73. The summed E-state index contributed by atoms with van der Waals surface area (Å²) in [6.07, 6.45) is 0.172. The lowest BCUT2D eigenvalue weighted by molar-refractivity contribution is -0.0352. The highest BCUT2D eigenvalue weighted by Crippen LogP contribution is 2.16. The second-order valence-corrected chi connectivity index (χ2v) is 5.43. The molecule has 0 atom stereocenters. The maximum absolute atomic E-state index is 11.4. The van der Waals surface area contributed by atoms with Gasteiger partial charge in [0.2, 0.25) is 0 Å². The molecule has 0 fully saturated rings. The van der Waals surface area contributed by atoms with Crippen LogP contribution in [0.1, 0.15) is 18.3 Å². The molecule has 6 nitrogen and oxygen atoms in total. The largest absolute Gasteiger partial charge is 0.463 e. The number of benzene rings is 2. The van der Waals surface area contributed by atoms with Gasteiger partial charge in [0.15, 0.2) is 5.75 Å². The van der Waals surface area contributed by atoms with Gasteiger partial charge >= 0.3 is 6.09 Å². The second-order valence-electron chi connectivity index (χ2n) is 5.43. The van der Waals surface area contributed by atoms with Crippen molar-refractivity contribution < 1.29 is 14.7 Å². The SMILES string of the molecule is CCc1cccc(ON(CCc2nc3ccccc3[nH]2)C(=O)O)c1. The summed E-state index contributed by atoms with van der Waals surface area (Å²) in [5, 5.41) is 10.3. The van der Waals surface area contributed by atoms with Crippen LogP contribution in [-0.2, 0) is 12.8 Å². The lowest BCUT2D eigenvalue weighted by Crippen LogP contribution is -2.34. The number of carbonyl (C=O) groups is 1. The Morgan fingerprint density at radius 3 is 2.83 bits per heavy atom. The van der Waals surface area contributed by atoms with Crippen molar-refractivity contribution in [3.05, 3.63) is 59.9 Å². The summed E-state index contributed by atoms with van der Waals surface area (Å²) < 4.78 is 0. The molecule has 0 bridgehead atoms. The molecule has 3 rings (SSSR count). The number of imidazole rings is 1. The van der Waals surface area contributed by atoms with Crippen molar-refractivity contribution in [3.63, 3.8) is 0 Å². The van der Waals surface area contributed by atoms with Crippen molar-refractivity contribution in [1.82, 2.24) is 15.0 Å². The number of nitrogens with one attached hydrogen (secondary N) is 1. The Labute approximate surface area is 139 Å². The van der Waals surface area contributed by atoms with E-state index in [1.54, 1.807) is 6.07 Å². The highest BCUT2D eigenvalue weighted by molar-refractivity contribution is 5.74. The van der Waals surface area contributed by atoms with Crippen molar-refractivity contribution >= 4 is 17.1 Å². The number of hydrogen-bond donors (Lipinski definition) is 2. The molecule has 1 heterocycles. The molecule has 0 saturated heterocycles. The zero-order chi connectivity index (χ0) is 16.9. The summed E-state index contributed by atoms with van der Waals surface area (Å²) in [5.41, 5.74) is 2.90. The molecule has 0 aliphatic heterocycles. The Morgan fingerprint density at radius 1 is 1.25 bits per heavy atom. The van der Waals surface area contributed by atoms with Gasteiger partial charge in [0.05, 0.1) is 17.6 Å². The van der Waals surface area contributed by atoms with E-state index in [2.05, 4.69) is 9.97 Å². The zero-order valence-electron chi connectivity index (χ0n) is 13.4. The number of amides is 1. The number of aromatic nitrogens is 2.